The monoisotopic (exact) mass is 682 g/mol. The number of aliphatic hydroxyl groups excluding tert-OH is 4. The highest BCUT2D eigenvalue weighted by Crippen LogP contribution is 2.56. The van der Waals surface area contributed by atoms with Crippen molar-refractivity contribution in [2.45, 2.75) is 30.0 Å². The van der Waals surface area contributed by atoms with E-state index in [-0.39, 0.29) is 10.6 Å². The number of carbonyl (C=O) groups is 4. The highest BCUT2D eigenvalue weighted by atomic mass is 35.5. The Hall–Kier alpha value is -4.68. The van der Waals surface area contributed by atoms with Crippen LogP contribution in [-0.2, 0) is 20.6 Å². The minimum atomic E-state index is -4.91. The number of benzene rings is 2. The van der Waals surface area contributed by atoms with Crippen molar-refractivity contribution in [2.75, 3.05) is 24.7 Å². The predicted molar refractivity (Wildman–Crippen MR) is 156 cm³/mol. The maximum atomic E-state index is 14.0. The van der Waals surface area contributed by atoms with Crippen LogP contribution in [0.15, 0.2) is 47.2 Å². The Morgan fingerprint density at radius 1 is 1.02 bits per heavy atom. The van der Waals surface area contributed by atoms with E-state index in [1.807, 2.05) is 5.32 Å². The van der Waals surface area contributed by atoms with Crippen LogP contribution in [0.2, 0.25) is 5.02 Å². The summed E-state index contributed by atoms with van der Waals surface area (Å²) in [5.41, 5.74) is -3.50. The molecule has 0 saturated heterocycles. The molecule has 3 aliphatic carbocycles. The molecular weight excluding hydrogens is 657 g/mol. The molecule has 0 aliphatic heterocycles. The van der Waals surface area contributed by atoms with Gasteiger partial charge in [0.25, 0.3) is 5.91 Å². The van der Waals surface area contributed by atoms with Crippen LogP contribution in [0.25, 0.3) is 5.76 Å². The molecule has 10 N–H and O–H groups in total. The van der Waals surface area contributed by atoms with Crippen molar-refractivity contribution in [1.29, 1.82) is 0 Å². The number of phenolic OH excluding ortho intramolecular Hbond substituents is 1. The molecule has 0 radical (unpaired) electrons. The molecule has 3 amide bonds. The largest absolute Gasteiger partial charge is 0.508 e. The molecule has 14 nitrogen and oxygen atoms in total. The molecule has 6 atom stereocenters. The summed E-state index contributed by atoms with van der Waals surface area (Å²) in [4.78, 5) is 53.1. The maximum absolute atomic E-state index is 14.0. The summed E-state index contributed by atoms with van der Waals surface area (Å²) in [6.07, 6.45) is -8.89. The number of anilines is 2. The Morgan fingerprint density at radius 2 is 1.62 bits per heavy atom. The van der Waals surface area contributed by atoms with Gasteiger partial charge < -0.3 is 47.0 Å². The first-order valence-electron chi connectivity index (χ1n) is 13.6. The Bertz CT molecular complexity index is 1830. The average Bonchev–Trinajstić information content (AvgIpc) is 2.96. The molecule has 0 spiro atoms. The van der Waals surface area contributed by atoms with Gasteiger partial charge in [0.05, 0.1) is 46.7 Å². The molecule has 5 rings (SSSR count). The minimum Gasteiger partial charge on any atom is -0.508 e. The van der Waals surface area contributed by atoms with Crippen molar-refractivity contribution >= 4 is 52.2 Å². The average molecular weight is 683 g/mol. The number of hydrogen-bond donors (Lipinski definition) is 9. The van der Waals surface area contributed by atoms with E-state index in [1.165, 1.54) is 14.1 Å². The molecule has 1 saturated carbocycles. The van der Waals surface area contributed by atoms with E-state index < -0.39 is 116 Å². The molecule has 3 aliphatic rings. The molecule has 250 valence electrons. The number of halogens is 4. The number of likely N-dealkylation sites (N-methyl/N-ethyl adjacent to an activating group) is 1. The number of aliphatic hydroxyl groups is 5. The Labute approximate surface area is 267 Å². The summed E-state index contributed by atoms with van der Waals surface area (Å²) in [5, 5.41) is 71.6. The van der Waals surface area contributed by atoms with E-state index in [9.17, 15) is 63.0 Å². The van der Waals surface area contributed by atoms with Gasteiger partial charge in [-0.05, 0) is 43.9 Å². The van der Waals surface area contributed by atoms with Gasteiger partial charge >= 0.3 is 12.2 Å². The first-order valence-corrected chi connectivity index (χ1v) is 13.9. The summed E-state index contributed by atoms with van der Waals surface area (Å²) < 4.78 is 40.4. The SMILES string of the molecule is CN(C)[C@@H]1C(=O)C(C(N)=O)=C(O)[C@@]2(O)C(=O)C3=C(O)c4c(ccc(NC(=O)Nc5ccc(Cl)cc5C(F)(F)F)c4O)[C@H](O)[C@H]3[C@H](O)[C@@H]12. The number of fused-ring (bicyclic) bond motifs is 3. The molecule has 47 heavy (non-hydrogen) atoms. The molecule has 0 heterocycles. The summed E-state index contributed by atoms with van der Waals surface area (Å²) in [6, 6.07) is 1.69. The summed E-state index contributed by atoms with van der Waals surface area (Å²) >= 11 is 5.65. The van der Waals surface area contributed by atoms with Gasteiger partial charge in [0.1, 0.15) is 22.8 Å². The van der Waals surface area contributed by atoms with E-state index in [0.717, 1.165) is 29.2 Å². The number of phenols is 1. The number of Topliss-reactive ketones (excluding diaryl/α,β-unsaturated/α-hetero) is 2. The minimum absolute atomic E-state index is 0.263. The fourth-order valence-electron chi connectivity index (χ4n) is 6.52. The van der Waals surface area contributed by atoms with Crippen LogP contribution >= 0.6 is 11.6 Å². The van der Waals surface area contributed by atoms with Crippen LogP contribution in [0.3, 0.4) is 0 Å². The van der Waals surface area contributed by atoms with Crippen molar-refractivity contribution in [2.24, 2.45) is 17.6 Å². The highest BCUT2D eigenvalue weighted by molar-refractivity contribution is 6.30. The quantitative estimate of drug-likeness (QED) is 0.166. The number of primary amides is 1. The van der Waals surface area contributed by atoms with Gasteiger partial charge in [-0.2, -0.15) is 13.2 Å². The Morgan fingerprint density at radius 3 is 2.19 bits per heavy atom. The molecule has 0 bridgehead atoms. The first kappa shape index (κ1) is 33.7. The molecule has 1 fully saturated rings. The molecule has 0 aromatic heterocycles. The molecule has 2 aromatic carbocycles. The number of alkyl halides is 3. The van der Waals surface area contributed by atoms with Gasteiger partial charge in [-0.15, -0.1) is 0 Å². The maximum Gasteiger partial charge on any atom is 0.418 e. The fourth-order valence-corrected chi connectivity index (χ4v) is 6.69. The van der Waals surface area contributed by atoms with E-state index in [4.69, 9.17) is 17.3 Å². The van der Waals surface area contributed by atoms with Gasteiger partial charge in [-0.3, -0.25) is 19.3 Å². The van der Waals surface area contributed by atoms with Crippen LogP contribution in [-0.4, -0.2) is 90.9 Å². The standard InChI is InChI=1S/C29H26ClF3N4O10/c1-37(2)18-17-22(41)14-15(24(43)28(17,47)25(44)16(23(18)42)26(34)45)21(40)13-9(19(14)38)4-6-12(20(13)39)36-27(46)35-11-5-3-8(30)7-10(11)29(31,32)33/h3-7,14,17-19,22,38-41,44,47H,1-2H3,(H2,34,45)(H2,35,36,46)/t14-,17+,18-,19-,22-,28-/m0/s1. The van der Waals surface area contributed by atoms with Crippen molar-refractivity contribution in [3.8, 4) is 5.75 Å². The number of nitrogens with two attached hydrogens (primary N) is 1. The normalized spacial score (nSPS) is 27.3. The van der Waals surface area contributed by atoms with E-state index in [2.05, 4.69) is 5.32 Å². The van der Waals surface area contributed by atoms with E-state index in [1.54, 1.807) is 0 Å². The van der Waals surface area contributed by atoms with Gasteiger partial charge in [0.2, 0.25) is 5.78 Å². The number of amides is 3. The molecule has 2 aromatic rings. The van der Waals surface area contributed by atoms with Crippen molar-refractivity contribution < 1.29 is 63.0 Å². The number of carbonyl (C=O) groups excluding carboxylic acids is 4. The first-order chi connectivity index (χ1) is 21.7. The highest BCUT2D eigenvalue weighted by Gasteiger charge is 2.68. The lowest BCUT2D eigenvalue weighted by Gasteiger charge is -2.53. The number of hydrogen-bond acceptors (Lipinski definition) is 11. The van der Waals surface area contributed by atoms with Crippen LogP contribution < -0.4 is 16.4 Å². The molecule has 18 heteroatoms. The van der Waals surface area contributed by atoms with E-state index >= 15 is 0 Å². The zero-order valence-corrected chi connectivity index (χ0v) is 24.9. The third kappa shape index (κ3) is 4.97. The van der Waals surface area contributed by atoms with Gasteiger partial charge in [0.15, 0.2) is 11.4 Å². The second-order valence-electron chi connectivity index (χ2n) is 11.4. The lowest BCUT2D eigenvalue weighted by molar-refractivity contribution is -0.174. The lowest BCUT2D eigenvalue weighted by Crippen LogP contribution is -2.70. The number of rotatable bonds is 4. The number of nitrogens with one attached hydrogen (secondary N) is 2. The summed E-state index contributed by atoms with van der Waals surface area (Å²) in [6.45, 7) is 0. The zero-order valence-electron chi connectivity index (χ0n) is 24.1. The van der Waals surface area contributed by atoms with Crippen LogP contribution in [0.1, 0.15) is 22.8 Å². The molecular formula is C29H26ClF3N4O10. The predicted octanol–water partition coefficient (Wildman–Crippen LogP) is 1.74. The Balaban J connectivity index is 1.60. The number of nitrogens with zero attached hydrogens (tertiary/aromatic N) is 1. The van der Waals surface area contributed by atoms with Crippen molar-refractivity contribution in [3.63, 3.8) is 0 Å². The second kappa shape index (κ2) is 11.2. The fraction of sp³-hybridized carbons (Fsp3) is 0.310. The summed E-state index contributed by atoms with van der Waals surface area (Å²) in [5.74, 6) is -11.4. The smallest absolute Gasteiger partial charge is 0.418 e. The van der Waals surface area contributed by atoms with Crippen molar-refractivity contribution in [1.82, 2.24) is 4.90 Å². The third-order valence-corrected chi connectivity index (χ3v) is 8.78. The van der Waals surface area contributed by atoms with Gasteiger partial charge in [-0.1, -0.05) is 17.7 Å². The van der Waals surface area contributed by atoms with Crippen LogP contribution in [0.4, 0.5) is 29.3 Å². The van der Waals surface area contributed by atoms with Crippen molar-refractivity contribution in [3.05, 3.63) is 69.0 Å². The van der Waals surface area contributed by atoms with E-state index in [0.29, 0.717) is 6.07 Å². The van der Waals surface area contributed by atoms with Gasteiger partial charge in [0, 0.05) is 16.5 Å². The Kier molecular flexibility index (Phi) is 8.05. The number of ketones is 2. The third-order valence-electron chi connectivity index (χ3n) is 8.54. The van der Waals surface area contributed by atoms with Gasteiger partial charge in [-0.25, -0.2) is 4.79 Å². The topological polar surface area (TPSA) is 243 Å². The summed E-state index contributed by atoms with van der Waals surface area (Å²) in [7, 11) is 2.63. The molecule has 0 unspecified atom stereocenters. The zero-order chi connectivity index (χ0) is 35.1. The second-order valence-corrected chi connectivity index (χ2v) is 11.8. The van der Waals surface area contributed by atoms with Crippen LogP contribution in [0, 0.1) is 11.8 Å². The number of urea groups is 1. The number of aromatic hydroxyl groups is 1. The van der Waals surface area contributed by atoms with Crippen LogP contribution in [0.5, 0.6) is 5.75 Å². The lowest BCUT2D eigenvalue weighted by atomic mass is 9.55.